The standard InChI is InChI=1S/C33H46N4O5/c1-25(2)22-29(35-33(40)37-16-8-3-4-9-17-37)31(38)34-30(32(39)36-18-20-41-21-19-36)23-26-12-14-28(15-13-26)42-24-27-10-6-5-7-11-27/h5-7,10-15,25,29-30H,3-4,8-9,16-24H2,1-2H3,(H,34,38)(H,35,40)/t29-,30-/m0/s1. The SMILES string of the molecule is CC(C)C[C@H](NC(=O)N1CCCCCC1)C(=O)N[C@@H](Cc1ccc(OCc2ccccc2)cc1)C(=O)N1CCOCC1. The van der Waals surface area contributed by atoms with E-state index < -0.39 is 12.1 Å². The first-order chi connectivity index (χ1) is 20.4. The van der Waals surface area contributed by atoms with Gasteiger partial charge < -0.3 is 29.9 Å². The van der Waals surface area contributed by atoms with Gasteiger partial charge >= 0.3 is 6.03 Å². The highest BCUT2D eigenvalue weighted by Gasteiger charge is 2.31. The molecule has 2 aliphatic rings. The Hall–Kier alpha value is -3.59. The van der Waals surface area contributed by atoms with E-state index in [-0.39, 0.29) is 23.8 Å². The minimum Gasteiger partial charge on any atom is -0.489 e. The van der Waals surface area contributed by atoms with Crippen LogP contribution in [0.2, 0.25) is 0 Å². The van der Waals surface area contributed by atoms with E-state index in [1.807, 2.05) is 73.3 Å². The lowest BCUT2D eigenvalue weighted by molar-refractivity contribution is -0.140. The van der Waals surface area contributed by atoms with Gasteiger partial charge in [-0.1, -0.05) is 69.2 Å². The van der Waals surface area contributed by atoms with Gasteiger partial charge in [-0.3, -0.25) is 9.59 Å². The number of likely N-dealkylation sites (tertiary alicyclic amines) is 1. The number of nitrogens with zero attached hydrogens (tertiary/aromatic N) is 2. The van der Waals surface area contributed by atoms with Crippen molar-refractivity contribution in [2.75, 3.05) is 39.4 Å². The number of hydrogen-bond donors (Lipinski definition) is 2. The first-order valence-corrected chi connectivity index (χ1v) is 15.4. The number of ether oxygens (including phenoxy) is 2. The number of morpholine rings is 1. The molecule has 2 atom stereocenters. The predicted octanol–water partition coefficient (Wildman–Crippen LogP) is 4.15. The van der Waals surface area contributed by atoms with Gasteiger partial charge in [-0.15, -0.1) is 0 Å². The highest BCUT2D eigenvalue weighted by Crippen LogP contribution is 2.17. The molecule has 9 nitrogen and oxygen atoms in total. The lowest BCUT2D eigenvalue weighted by Gasteiger charge is -2.32. The minimum absolute atomic E-state index is 0.141. The second-order valence-electron chi connectivity index (χ2n) is 11.7. The number of carbonyl (C=O) groups excluding carboxylic acids is 3. The maximum Gasteiger partial charge on any atom is 0.318 e. The maximum absolute atomic E-state index is 13.7. The van der Waals surface area contributed by atoms with Crippen molar-refractivity contribution in [3.05, 3.63) is 65.7 Å². The predicted molar refractivity (Wildman–Crippen MR) is 162 cm³/mol. The van der Waals surface area contributed by atoms with Gasteiger partial charge in [-0.2, -0.15) is 0 Å². The van der Waals surface area contributed by atoms with Crippen LogP contribution in [0.15, 0.2) is 54.6 Å². The van der Waals surface area contributed by atoms with Gasteiger partial charge in [0.1, 0.15) is 24.4 Å². The van der Waals surface area contributed by atoms with Gasteiger partial charge in [0.15, 0.2) is 0 Å². The molecule has 0 aromatic heterocycles. The molecule has 4 amide bonds. The third kappa shape index (κ3) is 9.76. The topological polar surface area (TPSA) is 100 Å². The van der Waals surface area contributed by atoms with Crippen molar-refractivity contribution in [1.29, 1.82) is 0 Å². The van der Waals surface area contributed by atoms with Crippen LogP contribution in [0.5, 0.6) is 5.75 Å². The van der Waals surface area contributed by atoms with Crippen LogP contribution in [0.1, 0.15) is 57.1 Å². The molecule has 2 fully saturated rings. The molecule has 0 unspecified atom stereocenters. The van der Waals surface area contributed by atoms with E-state index in [0.29, 0.717) is 58.8 Å². The van der Waals surface area contributed by atoms with Crippen LogP contribution in [-0.4, -0.2) is 79.1 Å². The summed E-state index contributed by atoms with van der Waals surface area (Å²) >= 11 is 0. The maximum atomic E-state index is 13.7. The molecule has 42 heavy (non-hydrogen) atoms. The molecule has 0 radical (unpaired) electrons. The van der Waals surface area contributed by atoms with E-state index in [2.05, 4.69) is 10.6 Å². The van der Waals surface area contributed by atoms with Crippen LogP contribution in [0.3, 0.4) is 0 Å². The van der Waals surface area contributed by atoms with E-state index in [9.17, 15) is 14.4 Å². The second-order valence-corrected chi connectivity index (χ2v) is 11.7. The number of nitrogens with one attached hydrogen (secondary N) is 2. The Morgan fingerprint density at radius 1 is 0.786 bits per heavy atom. The minimum atomic E-state index is -0.767. The molecule has 0 aliphatic carbocycles. The Morgan fingerprint density at radius 3 is 2.10 bits per heavy atom. The Kier molecular flexibility index (Phi) is 12.1. The number of amides is 4. The van der Waals surface area contributed by atoms with Gasteiger partial charge in [0.25, 0.3) is 0 Å². The monoisotopic (exact) mass is 578 g/mol. The highest BCUT2D eigenvalue weighted by atomic mass is 16.5. The average molecular weight is 579 g/mol. The van der Waals surface area contributed by atoms with Crippen molar-refractivity contribution >= 4 is 17.8 Å². The number of benzene rings is 2. The normalized spacial score (nSPS) is 17.2. The molecule has 228 valence electrons. The van der Waals surface area contributed by atoms with E-state index >= 15 is 0 Å². The Labute approximate surface area is 249 Å². The summed E-state index contributed by atoms with van der Waals surface area (Å²) in [6.07, 6.45) is 4.99. The van der Waals surface area contributed by atoms with E-state index in [4.69, 9.17) is 9.47 Å². The Balaban J connectivity index is 1.44. The number of carbonyl (C=O) groups is 3. The van der Waals surface area contributed by atoms with Gasteiger partial charge in [0.05, 0.1) is 13.2 Å². The third-order valence-corrected chi connectivity index (χ3v) is 7.76. The first-order valence-electron chi connectivity index (χ1n) is 15.4. The van der Waals surface area contributed by atoms with Crippen LogP contribution in [0.25, 0.3) is 0 Å². The van der Waals surface area contributed by atoms with Crippen molar-refractivity contribution in [3.63, 3.8) is 0 Å². The van der Waals surface area contributed by atoms with E-state index in [0.717, 1.165) is 42.6 Å². The van der Waals surface area contributed by atoms with Gasteiger partial charge in [-0.05, 0) is 48.4 Å². The summed E-state index contributed by atoms with van der Waals surface area (Å²) < 4.78 is 11.4. The molecule has 0 spiro atoms. The van der Waals surface area contributed by atoms with Crippen molar-refractivity contribution in [3.8, 4) is 5.75 Å². The molecular weight excluding hydrogens is 532 g/mol. The summed E-state index contributed by atoms with van der Waals surface area (Å²) in [5.74, 6) is 0.442. The highest BCUT2D eigenvalue weighted by molar-refractivity contribution is 5.92. The quantitative estimate of drug-likeness (QED) is 0.417. The molecule has 2 N–H and O–H groups in total. The molecule has 2 aliphatic heterocycles. The summed E-state index contributed by atoms with van der Waals surface area (Å²) in [7, 11) is 0. The fourth-order valence-electron chi connectivity index (χ4n) is 5.39. The lowest BCUT2D eigenvalue weighted by atomic mass is 10.0. The van der Waals surface area contributed by atoms with E-state index in [1.165, 1.54) is 0 Å². The zero-order valence-electron chi connectivity index (χ0n) is 25.1. The molecule has 2 aromatic carbocycles. The molecule has 4 rings (SSSR count). The summed E-state index contributed by atoms with van der Waals surface area (Å²) in [6.45, 7) is 7.83. The lowest BCUT2D eigenvalue weighted by Crippen LogP contribution is -2.57. The molecule has 0 saturated carbocycles. The van der Waals surface area contributed by atoms with Crippen molar-refractivity contribution < 1.29 is 23.9 Å². The molecule has 2 saturated heterocycles. The number of hydrogen-bond acceptors (Lipinski definition) is 5. The smallest absolute Gasteiger partial charge is 0.318 e. The van der Waals surface area contributed by atoms with Crippen LogP contribution < -0.4 is 15.4 Å². The van der Waals surface area contributed by atoms with Crippen molar-refractivity contribution in [2.45, 2.75) is 71.1 Å². The van der Waals surface area contributed by atoms with Crippen molar-refractivity contribution in [1.82, 2.24) is 20.4 Å². The van der Waals surface area contributed by atoms with Crippen LogP contribution in [-0.2, 0) is 27.4 Å². The zero-order valence-corrected chi connectivity index (χ0v) is 25.1. The Morgan fingerprint density at radius 2 is 1.45 bits per heavy atom. The summed E-state index contributed by atoms with van der Waals surface area (Å²) in [5, 5.41) is 6.00. The van der Waals surface area contributed by atoms with Gasteiger partial charge in [0, 0.05) is 32.6 Å². The molecule has 2 heterocycles. The zero-order chi connectivity index (χ0) is 29.7. The summed E-state index contributed by atoms with van der Waals surface area (Å²) in [6, 6.07) is 15.9. The molecule has 2 aromatic rings. The molecular formula is C33H46N4O5. The fourth-order valence-corrected chi connectivity index (χ4v) is 5.39. The number of rotatable bonds is 11. The average Bonchev–Trinajstić information content (AvgIpc) is 3.30. The Bertz CT molecular complexity index is 1130. The van der Waals surface area contributed by atoms with Crippen LogP contribution >= 0.6 is 0 Å². The van der Waals surface area contributed by atoms with Crippen LogP contribution in [0, 0.1) is 5.92 Å². The molecule has 0 bridgehead atoms. The first kappa shape index (κ1) is 31.3. The van der Waals surface area contributed by atoms with Gasteiger partial charge in [0.2, 0.25) is 11.8 Å². The summed E-state index contributed by atoms with van der Waals surface area (Å²) in [5.41, 5.74) is 1.99. The van der Waals surface area contributed by atoms with E-state index in [1.54, 1.807) is 4.90 Å². The van der Waals surface area contributed by atoms with Crippen molar-refractivity contribution in [2.24, 2.45) is 5.92 Å². The van der Waals surface area contributed by atoms with Crippen LogP contribution in [0.4, 0.5) is 4.79 Å². The second kappa shape index (κ2) is 16.2. The number of urea groups is 1. The third-order valence-electron chi connectivity index (χ3n) is 7.76. The summed E-state index contributed by atoms with van der Waals surface area (Å²) in [4.78, 5) is 44.0. The van der Waals surface area contributed by atoms with Gasteiger partial charge in [-0.25, -0.2) is 4.79 Å². The fraction of sp³-hybridized carbons (Fsp3) is 0.545. The molecule has 9 heteroatoms. The largest absolute Gasteiger partial charge is 0.489 e.